The van der Waals surface area contributed by atoms with Gasteiger partial charge in [0.25, 0.3) is 0 Å². The van der Waals surface area contributed by atoms with Crippen LogP contribution in [0.3, 0.4) is 0 Å². The van der Waals surface area contributed by atoms with Crippen molar-refractivity contribution < 1.29 is 184 Å². The van der Waals surface area contributed by atoms with E-state index in [1.54, 1.807) is 51.1 Å². The van der Waals surface area contributed by atoms with Gasteiger partial charge in [-0.1, -0.05) is 24.3 Å². The Morgan fingerprint density at radius 1 is 0.653 bits per heavy atom. The number of nitrogens with zero attached hydrogens (tertiary/aromatic N) is 5. The summed E-state index contributed by atoms with van der Waals surface area (Å²) >= 11 is 0. The fraction of sp³-hybridized carbons (Fsp3) is 0.119. The molecule has 0 unspecified atom stereocenters. The number of fused-ring (bicyclic) bond motifs is 3. The Morgan fingerprint density at radius 2 is 1.29 bits per heavy atom. The van der Waals surface area contributed by atoms with Gasteiger partial charge < -0.3 is 28.3 Å². The van der Waals surface area contributed by atoms with Crippen molar-refractivity contribution in [3.05, 3.63) is 112 Å². The molecule has 2 N–H and O–H groups in total. The van der Waals surface area contributed by atoms with Gasteiger partial charge in [-0.25, -0.2) is 33.7 Å². The van der Waals surface area contributed by atoms with Gasteiger partial charge in [-0.05, 0) is 104 Å². The molecule has 1 aliphatic carbocycles. The van der Waals surface area contributed by atoms with Gasteiger partial charge in [-0.15, -0.1) is 5.11 Å². The second-order valence-electron chi connectivity index (χ2n) is 14.7. The van der Waals surface area contributed by atoms with Crippen molar-refractivity contribution in [3.63, 3.8) is 0 Å². The Balaban J connectivity index is 0.00000342. The van der Waals surface area contributed by atoms with Crippen LogP contribution in [-0.2, 0) is 45.3 Å². The van der Waals surface area contributed by atoms with Crippen LogP contribution in [0, 0.1) is 13.8 Å². The number of allylic oxidation sites excluding steroid dienone is 1. The van der Waals surface area contributed by atoms with Crippen LogP contribution < -0.4 is 134 Å². The molecule has 0 heterocycles. The summed E-state index contributed by atoms with van der Waals surface area (Å²) in [4.78, 5) is 22.7. The van der Waals surface area contributed by atoms with Gasteiger partial charge in [0.1, 0.15) is 57.6 Å². The van der Waals surface area contributed by atoms with Gasteiger partial charge in [-0.2, -0.15) is 20.4 Å². The predicted molar refractivity (Wildman–Crippen MR) is 241 cm³/mol. The number of nitrogens with one attached hydrogen (secondary N) is 2. The molecule has 0 radical (unpaired) electrons. The van der Waals surface area contributed by atoms with E-state index in [2.05, 4.69) is 36.3 Å². The minimum absolute atomic E-state index is 0. The van der Waals surface area contributed by atoms with Crippen molar-refractivity contribution in [1.82, 2.24) is 0 Å². The predicted octanol–water partition coefficient (Wildman–Crippen LogP) is -4.92. The van der Waals surface area contributed by atoms with Gasteiger partial charge in [0, 0.05) is 29.1 Å². The van der Waals surface area contributed by atoms with Crippen LogP contribution in [-0.4, -0.2) is 75.9 Å². The maximum absolute atomic E-state index is 14.0. The Morgan fingerprint density at radius 3 is 1.88 bits per heavy atom. The Kier molecular flexibility index (Phi) is 21.6. The van der Waals surface area contributed by atoms with E-state index < -0.39 is 94.3 Å². The van der Waals surface area contributed by atoms with Crippen LogP contribution in [0.4, 0.5) is 34.1 Å². The van der Waals surface area contributed by atoms with Crippen molar-refractivity contribution in [2.24, 2.45) is 25.6 Å². The molecule has 352 valence electrons. The third kappa shape index (κ3) is 14.2. The van der Waals surface area contributed by atoms with Crippen molar-refractivity contribution >= 4 is 120 Å². The Hall–Kier alpha value is -3.17. The number of rotatable bonds is 13. The number of amides is 1. The first-order valence-corrected chi connectivity index (χ1v) is 25.0. The molecule has 0 bridgehead atoms. The normalized spacial score (nSPS) is 13.4. The SMILES string of the molecule is CCOc1cc(N=Nc2cc(C)c(N=Nc3ccc4cccc(S(=O)(=O)[O-])c4c3)c(C)c2)c2cc(S(=O)(=O)[O-])ccc2c1N/N=C1/C(=O)c2c(cc(S(=O)(=O)[O-])cc2NC(C)=O)C=C1S(=O)(=O)[O-].[Na+].[Na+].[Na+].[Na+]. The largest absolute Gasteiger partial charge is 1.00 e. The van der Waals surface area contributed by atoms with Gasteiger partial charge in [0.15, 0.2) is 0 Å². The molecule has 30 heteroatoms. The molecule has 0 spiro atoms. The zero-order valence-corrected chi connectivity index (χ0v) is 50.6. The number of hydrazone groups is 1. The molecule has 6 aromatic carbocycles. The number of azo groups is 2. The Labute approximate surface area is 500 Å². The third-order valence-electron chi connectivity index (χ3n) is 10.0. The summed E-state index contributed by atoms with van der Waals surface area (Å²) in [5.74, 6) is -2.24. The number of benzene rings is 6. The van der Waals surface area contributed by atoms with Crippen molar-refractivity contribution in [2.45, 2.75) is 42.4 Å². The van der Waals surface area contributed by atoms with E-state index in [4.69, 9.17) is 4.74 Å². The molecule has 0 saturated carbocycles. The average molecular weight is 1090 g/mol. The summed E-state index contributed by atoms with van der Waals surface area (Å²) in [6.45, 7) is 5.94. The zero-order valence-electron chi connectivity index (χ0n) is 39.4. The topological polar surface area (TPSA) is 358 Å². The second-order valence-corrected chi connectivity index (χ2v) is 20.2. The minimum Gasteiger partial charge on any atom is -0.744 e. The van der Waals surface area contributed by atoms with E-state index in [0.29, 0.717) is 40.4 Å². The van der Waals surface area contributed by atoms with Crippen LogP contribution in [0.5, 0.6) is 5.75 Å². The number of carbonyl (C=O) groups excluding carboxylic acids is 2. The van der Waals surface area contributed by atoms with E-state index in [9.17, 15) is 61.5 Å². The van der Waals surface area contributed by atoms with E-state index in [1.807, 2.05) is 0 Å². The second kappa shape index (κ2) is 24.7. The van der Waals surface area contributed by atoms with Crippen LogP contribution in [0.15, 0.2) is 130 Å². The molecule has 72 heavy (non-hydrogen) atoms. The molecule has 1 amide bonds. The molecule has 0 aromatic heterocycles. The summed E-state index contributed by atoms with van der Waals surface area (Å²) in [7, 11) is -20.7. The fourth-order valence-electron chi connectivity index (χ4n) is 7.15. The monoisotopic (exact) mass is 1090 g/mol. The minimum atomic E-state index is -5.60. The summed E-state index contributed by atoms with van der Waals surface area (Å²) in [5.41, 5.74) is 1.67. The van der Waals surface area contributed by atoms with Crippen LogP contribution in [0.25, 0.3) is 27.6 Å². The van der Waals surface area contributed by atoms with Gasteiger partial charge in [0.05, 0.1) is 60.2 Å². The average Bonchev–Trinajstić information content (AvgIpc) is 3.23. The molecular weight excluding hydrogens is 1060 g/mol. The van der Waals surface area contributed by atoms with Crippen molar-refractivity contribution in [2.75, 3.05) is 17.3 Å². The smallest absolute Gasteiger partial charge is 0.744 e. The maximum atomic E-state index is 14.0. The number of aryl methyl sites for hydroxylation is 2. The molecule has 0 saturated heterocycles. The van der Waals surface area contributed by atoms with E-state index in [1.165, 1.54) is 24.3 Å². The van der Waals surface area contributed by atoms with Crippen molar-refractivity contribution in [3.8, 4) is 5.75 Å². The van der Waals surface area contributed by atoms with Crippen LogP contribution in [0.1, 0.15) is 40.9 Å². The third-order valence-corrected chi connectivity index (χ3v) is 13.4. The van der Waals surface area contributed by atoms with Crippen LogP contribution in [0.2, 0.25) is 0 Å². The number of hydrogen-bond donors (Lipinski definition) is 2. The quantitative estimate of drug-likeness (QED) is 0.0474. The molecule has 0 atom stereocenters. The van der Waals surface area contributed by atoms with E-state index >= 15 is 0 Å². The molecule has 7 rings (SSSR count). The number of ether oxygens (including phenoxy) is 1. The standard InChI is InChI=1S/C42H35N7O15S4.4Na/c1-5-64-35-20-33(46-45-27-13-21(2)39(22(3)14-27)47-44-26-10-9-24-7-6-8-36(31(24)17-26)67(58,59)60)32-18-28(65(52,53)54)11-12-30(32)40(35)48-49-41-37(68(61,62)63)16-25-15-29(66(55,56)57)19-34(43-23(4)50)38(25)42(41)51;;;;/h6-20,48H,5H2,1-4H3,(H,43,50)(H,52,53,54)(H,55,56,57)(H,58,59,60)(H,61,62,63);;;;/q;4*+1/p-4/b46-45?,47-44?,49-41+;;;;. The summed E-state index contributed by atoms with van der Waals surface area (Å²) in [6, 6.07) is 17.7. The maximum Gasteiger partial charge on any atom is 1.00 e. The summed E-state index contributed by atoms with van der Waals surface area (Å²) < 4.78 is 152. The molecular formula is C42H31N7Na4O15S4. The summed E-state index contributed by atoms with van der Waals surface area (Å²) in [5, 5.41) is 24.1. The van der Waals surface area contributed by atoms with Gasteiger partial charge in [0.2, 0.25) is 11.7 Å². The number of anilines is 2. The number of hydrogen-bond acceptors (Lipinski definition) is 21. The molecule has 0 fully saturated rings. The number of carbonyl (C=O) groups is 2. The summed E-state index contributed by atoms with van der Waals surface area (Å²) in [6.07, 6.45) is 0.599. The zero-order chi connectivity index (χ0) is 49.7. The van der Waals surface area contributed by atoms with Crippen LogP contribution >= 0.6 is 0 Å². The molecule has 0 aliphatic heterocycles. The number of ketones is 1. The van der Waals surface area contributed by atoms with Gasteiger partial charge in [-0.3, -0.25) is 15.0 Å². The first-order chi connectivity index (χ1) is 31.7. The number of Topliss-reactive ketones (excluding diaryl/α,β-unsaturated/α-hetero) is 1. The molecule has 22 nitrogen and oxygen atoms in total. The molecule has 1 aliphatic rings. The van der Waals surface area contributed by atoms with Gasteiger partial charge >= 0.3 is 118 Å². The first-order valence-electron chi connectivity index (χ1n) is 19.4. The molecule has 6 aromatic rings. The Bertz CT molecular complexity index is 3780. The first kappa shape index (κ1) is 63.1. The van der Waals surface area contributed by atoms with Crippen molar-refractivity contribution in [1.29, 1.82) is 0 Å². The fourth-order valence-corrected chi connectivity index (χ4v) is 9.52. The van der Waals surface area contributed by atoms with E-state index in [-0.39, 0.29) is 169 Å². The van der Waals surface area contributed by atoms with E-state index in [0.717, 1.165) is 25.1 Å².